The molecule has 9 heteroatoms. The Hall–Kier alpha value is -3.85. The van der Waals surface area contributed by atoms with Crippen LogP contribution in [0.25, 0.3) is 6.08 Å². The number of hydrogen-bond acceptors (Lipinski definition) is 8. The molecule has 182 valence electrons. The summed E-state index contributed by atoms with van der Waals surface area (Å²) < 4.78 is 17.9. The maximum absolute atomic E-state index is 13.6. The highest BCUT2D eigenvalue weighted by atomic mass is 32.1. The van der Waals surface area contributed by atoms with Gasteiger partial charge in [-0.05, 0) is 50.6 Å². The maximum Gasteiger partial charge on any atom is 0.338 e. The molecule has 0 saturated carbocycles. The highest BCUT2D eigenvalue weighted by molar-refractivity contribution is 7.07. The first-order chi connectivity index (χ1) is 16.9. The molecule has 3 aromatic rings. The van der Waals surface area contributed by atoms with Crippen molar-refractivity contribution >= 4 is 23.4 Å². The van der Waals surface area contributed by atoms with Crippen LogP contribution in [-0.2, 0) is 9.53 Å². The van der Waals surface area contributed by atoms with Gasteiger partial charge in [0, 0.05) is 5.56 Å². The lowest BCUT2D eigenvalue weighted by Gasteiger charge is -2.24. The zero-order valence-corrected chi connectivity index (χ0v) is 20.7. The molecule has 1 aliphatic rings. The lowest BCUT2D eigenvalue weighted by molar-refractivity contribution is -0.139. The molecule has 8 nitrogen and oxygen atoms in total. The number of fused-ring (bicyclic) bond motifs is 1. The monoisotopic (exact) mass is 494 g/mol. The van der Waals surface area contributed by atoms with Crippen LogP contribution in [0.15, 0.2) is 63.5 Å². The molecule has 2 heterocycles. The number of phenols is 1. The Labute approximate surface area is 206 Å². The summed E-state index contributed by atoms with van der Waals surface area (Å²) in [5.74, 6) is 0.412. The number of methoxy groups -OCH3 is 1. The fraction of sp³-hybridized carbons (Fsp3) is 0.269. The molecular weight excluding hydrogens is 468 g/mol. The van der Waals surface area contributed by atoms with Gasteiger partial charge in [0.2, 0.25) is 0 Å². The first kappa shape index (κ1) is 24.3. The maximum atomic E-state index is 13.6. The highest BCUT2D eigenvalue weighted by Crippen LogP contribution is 2.32. The Kier molecular flexibility index (Phi) is 7.07. The van der Waals surface area contributed by atoms with Gasteiger partial charge in [0.05, 0.1) is 42.2 Å². The van der Waals surface area contributed by atoms with Gasteiger partial charge in [-0.1, -0.05) is 35.6 Å². The average Bonchev–Trinajstić information content (AvgIpc) is 3.14. The van der Waals surface area contributed by atoms with Crippen molar-refractivity contribution in [3.8, 4) is 17.2 Å². The molecule has 4 rings (SSSR count). The second-order valence-corrected chi connectivity index (χ2v) is 8.71. The predicted octanol–water partition coefficient (Wildman–Crippen LogP) is 2.91. The highest BCUT2D eigenvalue weighted by Gasteiger charge is 2.33. The number of ether oxygens (including phenoxy) is 3. The van der Waals surface area contributed by atoms with Gasteiger partial charge in [-0.3, -0.25) is 9.36 Å². The van der Waals surface area contributed by atoms with Crippen LogP contribution in [0.3, 0.4) is 0 Å². The second kappa shape index (κ2) is 10.2. The largest absolute Gasteiger partial charge is 0.504 e. The molecule has 0 spiro atoms. The summed E-state index contributed by atoms with van der Waals surface area (Å²) in [5, 5.41) is 10.5. The van der Waals surface area contributed by atoms with Gasteiger partial charge in [0.15, 0.2) is 16.3 Å². The molecule has 35 heavy (non-hydrogen) atoms. The molecule has 1 N–H and O–H groups in total. The van der Waals surface area contributed by atoms with Crippen LogP contribution in [-0.4, -0.2) is 36.0 Å². The van der Waals surface area contributed by atoms with Gasteiger partial charge in [-0.25, -0.2) is 9.79 Å². The summed E-state index contributed by atoms with van der Waals surface area (Å²) in [7, 11) is 1.46. The van der Waals surface area contributed by atoms with Gasteiger partial charge in [-0.2, -0.15) is 0 Å². The first-order valence-corrected chi connectivity index (χ1v) is 12.0. The normalized spacial score (nSPS) is 15.4. The number of carbonyl (C=O) groups is 1. The lowest BCUT2D eigenvalue weighted by Crippen LogP contribution is -2.39. The van der Waals surface area contributed by atoms with Crippen molar-refractivity contribution in [2.45, 2.75) is 26.8 Å². The Morgan fingerprint density at radius 1 is 1.17 bits per heavy atom. The number of hydrogen-bond donors (Lipinski definition) is 1. The number of nitrogens with zero attached hydrogens (tertiary/aromatic N) is 2. The Balaban J connectivity index is 1.93. The summed E-state index contributed by atoms with van der Waals surface area (Å²) in [6.45, 7) is 6.09. The van der Waals surface area contributed by atoms with Crippen molar-refractivity contribution in [3.05, 3.63) is 84.5 Å². The van der Waals surface area contributed by atoms with Crippen molar-refractivity contribution in [2.24, 2.45) is 4.99 Å². The molecule has 0 bridgehead atoms. The smallest absolute Gasteiger partial charge is 0.338 e. The minimum absolute atomic E-state index is 0.0627. The SMILES string of the molecule is CCOC(=O)C1=C(C)N=c2sc(=Cc3cccc(OC)c3O)c(=O)n2[C@@H]1c1ccc(OCC)cc1. The van der Waals surface area contributed by atoms with E-state index in [1.165, 1.54) is 23.0 Å². The molecule has 1 aromatic heterocycles. The van der Waals surface area contributed by atoms with E-state index in [4.69, 9.17) is 14.2 Å². The Morgan fingerprint density at radius 3 is 2.57 bits per heavy atom. The number of para-hydroxylation sites is 1. The third-order valence-electron chi connectivity index (χ3n) is 5.56. The number of thiazole rings is 1. The predicted molar refractivity (Wildman–Crippen MR) is 133 cm³/mol. The van der Waals surface area contributed by atoms with Crippen molar-refractivity contribution in [2.75, 3.05) is 20.3 Å². The van der Waals surface area contributed by atoms with Crippen molar-refractivity contribution < 1.29 is 24.1 Å². The third-order valence-corrected chi connectivity index (χ3v) is 6.54. The Bertz CT molecular complexity index is 1470. The van der Waals surface area contributed by atoms with Crippen LogP contribution in [0.5, 0.6) is 17.2 Å². The minimum atomic E-state index is -0.720. The van der Waals surface area contributed by atoms with Crippen LogP contribution in [0.4, 0.5) is 0 Å². The van der Waals surface area contributed by atoms with E-state index in [1.54, 1.807) is 50.3 Å². The number of rotatable bonds is 7. The fourth-order valence-electron chi connectivity index (χ4n) is 3.98. The average molecular weight is 495 g/mol. The third kappa shape index (κ3) is 4.59. The molecule has 1 aliphatic heterocycles. The number of benzene rings is 2. The van der Waals surface area contributed by atoms with Crippen LogP contribution in [0.1, 0.15) is 37.9 Å². The summed E-state index contributed by atoms with van der Waals surface area (Å²) in [4.78, 5) is 31.6. The van der Waals surface area contributed by atoms with Crippen LogP contribution in [0.2, 0.25) is 0 Å². The molecular formula is C26H26N2O6S. The van der Waals surface area contributed by atoms with E-state index < -0.39 is 12.0 Å². The first-order valence-electron chi connectivity index (χ1n) is 11.2. The number of carbonyl (C=O) groups excluding carboxylic acids is 1. The second-order valence-electron chi connectivity index (χ2n) is 7.70. The fourth-order valence-corrected chi connectivity index (χ4v) is 5.02. The Morgan fingerprint density at radius 2 is 1.91 bits per heavy atom. The molecule has 0 aliphatic carbocycles. The van der Waals surface area contributed by atoms with E-state index in [2.05, 4.69) is 4.99 Å². The molecule has 0 fully saturated rings. The van der Waals surface area contributed by atoms with E-state index >= 15 is 0 Å². The number of allylic oxidation sites excluding steroid dienone is 1. The number of phenolic OH excluding ortho intramolecular Hbond substituents is 1. The van der Waals surface area contributed by atoms with Crippen LogP contribution in [0, 0.1) is 0 Å². The van der Waals surface area contributed by atoms with E-state index in [0.29, 0.717) is 44.3 Å². The molecule has 0 amide bonds. The quantitative estimate of drug-likeness (QED) is 0.507. The van der Waals surface area contributed by atoms with Crippen molar-refractivity contribution in [1.29, 1.82) is 0 Å². The van der Waals surface area contributed by atoms with Gasteiger partial charge in [-0.15, -0.1) is 0 Å². The van der Waals surface area contributed by atoms with Crippen molar-refractivity contribution in [3.63, 3.8) is 0 Å². The molecule has 1 atom stereocenters. The molecule has 2 aromatic carbocycles. The van der Waals surface area contributed by atoms with E-state index in [0.717, 1.165) is 5.56 Å². The van der Waals surface area contributed by atoms with Gasteiger partial charge in [0.1, 0.15) is 5.75 Å². The van der Waals surface area contributed by atoms with E-state index in [9.17, 15) is 14.7 Å². The molecule has 0 radical (unpaired) electrons. The summed E-state index contributed by atoms with van der Waals surface area (Å²) in [6.07, 6.45) is 1.60. The van der Waals surface area contributed by atoms with Gasteiger partial charge in [0.25, 0.3) is 5.56 Å². The molecule has 0 unspecified atom stereocenters. The van der Waals surface area contributed by atoms with Gasteiger partial charge < -0.3 is 19.3 Å². The van der Waals surface area contributed by atoms with Gasteiger partial charge >= 0.3 is 5.97 Å². The zero-order valence-electron chi connectivity index (χ0n) is 19.9. The van der Waals surface area contributed by atoms with E-state index in [1.807, 2.05) is 19.1 Å². The number of aromatic hydroxyl groups is 1. The number of aromatic nitrogens is 1. The lowest BCUT2D eigenvalue weighted by atomic mass is 9.96. The summed E-state index contributed by atoms with van der Waals surface area (Å²) >= 11 is 1.18. The molecule has 0 saturated heterocycles. The van der Waals surface area contributed by atoms with Crippen LogP contribution >= 0.6 is 11.3 Å². The van der Waals surface area contributed by atoms with Crippen molar-refractivity contribution in [1.82, 2.24) is 4.57 Å². The summed E-state index contributed by atoms with van der Waals surface area (Å²) in [5.41, 5.74) is 1.62. The summed E-state index contributed by atoms with van der Waals surface area (Å²) in [6, 6.07) is 11.6. The topological polar surface area (TPSA) is 99.4 Å². The number of esters is 1. The van der Waals surface area contributed by atoms with Crippen LogP contribution < -0.4 is 24.4 Å². The minimum Gasteiger partial charge on any atom is -0.504 e. The standard InChI is InChI=1S/C26H26N2O6S/c1-5-33-18-12-10-16(11-13-18)22-21(25(31)34-6-2)15(3)27-26-28(22)24(30)20(35-26)14-17-8-7-9-19(32-4)23(17)29/h7-14,22,29H,5-6H2,1-4H3/t22-/m1/s1. The zero-order chi connectivity index (χ0) is 25.1. The van der Waals surface area contributed by atoms with E-state index in [-0.39, 0.29) is 17.9 Å².